The molecule has 19 heavy (non-hydrogen) atoms. The Morgan fingerprint density at radius 2 is 2.11 bits per heavy atom. The number of esters is 1. The molecule has 0 amide bonds. The molecule has 2 aromatic rings. The maximum absolute atomic E-state index is 11.1. The predicted molar refractivity (Wildman–Crippen MR) is 75.5 cm³/mol. The van der Waals surface area contributed by atoms with E-state index in [1.54, 1.807) is 6.20 Å². The van der Waals surface area contributed by atoms with Crippen molar-refractivity contribution in [3.63, 3.8) is 0 Å². The monoisotopic (exact) mass is 320 g/mol. The molecule has 1 aromatic heterocycles. The van der Waals surface area contributed by atoms with Crippen LogP contribution in [0, 0.1) is 0 Å². The van der Waals surface area contributed by atoms with Gasteiger partial charge in [-0.3, -0.25) is 4.79 Å². The van der Waals surface area contributed by atoms with Crippen molar-refractivity contribution >= 4 is 21.9 Å². The standard InChI is InChI=1S/C14H13BrN2O2/c1-19-14(18)7-6-13-16-9-8-12(17-13)10-4-2-3-5-11(10)15/h2-5,8-9H,6-7H2,1H3. The van der Waals surface area contributed by atoms with Gasteiger partial charge in [0.05, 0.1) is 19.2 Å². The first kappa shape index (κ1) is 13.7. The van der Waals surface area contributed by atoms with E-state index in [-0.39, 0.29) is 12.4 Å². The third-order valence-electron chi connectivity index (χ3n) is 2.64. The zero-order chi connectivity index (χ0) is 13.7. The molecule has 0 atom stereocenters. The Morgan fingerprint density at radius 3 is 2.84 bits per heavy atom. The number of aryl methyl sites for hydroxylation is 1. The van der Waals surface area contributed by atoms with Crippen LogP contribution < -0.4 is 0 Å². The zero-order valence-electron chi connectivity index (χ0n) is 10.5. The van der Waals surface area contributed by atoms with Crippen molar-refractivity contribution in [3.05, 3.63) is 46.8 Å². The number of carbonyl (C=O) groups is 1. The summed E-state index contributed by atoms with van der Waals surface area (Å²) in [5, 5.41) is 0. The average molecular weight is 321 g/mol. The second-order valence-corrected chi connectivity index (χ2v) is 4.77. The van der Waals surface area contributed by atoms with Gasteiger partial charge in [0.25, 0.3) is 0 Å². The molecule has 0 spiro atoms. The smallest absolute Gasteiger partial charge is 0.305 e. The molecule has 2 rings (SSSR count). The maximum Gasteiger partial charge on any atom is 0.305 e. The van der Waals surface area contributed by atoms with Crippen molar-refractivity contribution in [2.45, 2.75) is 12.8 Å². The van der Waals surface area contributed by atoms with E-state index in [0.29, 0.717) is 12.2 Å². The van der Waals surface area contributed by atoms with Crippen molar-refractivity contribution in [1.82, 2.24) is 9.97 Å². The molecular weight excluding hydrogens is 308 g/mol. The Balaban J connectivity index is 2.20. The molecule has 98 valence electrons. The summed E-state index contributed by atoms with van der Waals surface area (Å²) in [6, 6.07) is 9.70. The van der Waals surface area contributed by atoms with Crippen LogP contribution in [0.2, 0.25) is 0 Å². The van der Waals surface area contributed by atoms with Crippen LogP contribution in [0.25, 0.3) is 11.3 Å². The fourth-order valence-electron chi connectivity index (χ4n) is 1.65. The molecule has 0 unspecified atom stereocenters. The highest BCUT2D eigenvalue weighted by molar-refractivity contribution is 9.10. The third-order valence-corrected chi connectivity index (χ3v) is 3.33. The van der Waals surface area contributed by atoms with Crippen LogP contribution in [0.15, 0.2) is 41.0 Å². The molecule has 1 aromatic carbocycles. The Kier molecular flexibility index (Phi) is 4.63. The fraction of sp³-hybridized carbons (Fsp3) is 0.214. The predicted octanol–water partition coefficient (Wildman–Crippen LogP) is 3.01. The quantitative estimate of drug-likeness (QED) is 0.812. The van der Waals surface area contributed by atoms with Crippen LogP contribution in [0.4, 0.5) is 0 Å². The largest absolute Gasteiger partial charge is 0.469 e. The number of rotatable bonds is 4. The summed E-state index contributed by atoms with van der Waals surface area (Å²) in [6.07, 6.45) is 2.47. The summed E-state index contributed by atoms with van der Waals surface area (Å²) in [7, 11) is 1.38. The van der Waals surface area contributed by atoms with Gasteiger partial charge in [-0.05, 0) is 12.1 Å². The fourth-order valence-corrected chi connectivity index (χ4v) is 2.14. The second kappa shape index (κ2) is 6.43. The first-order valence-electron chi connectivity index (χ1n) is 5.84. The van der Waals surface area contributed by atoms with Crippen molar-refractivity contribution in [3.8, 4) is 11.3 Å². The average Bonchev–Trinajstić information content (AvgIpc) is 2.45. The Labute approximate surface area is 120 Å². The van der Waals surface area contributed by atoms with Crippen molar-refractivity contribution in [2.75, 3.05) is 7.11 Å². The molecule has 0 N–H and O–H groups in total. The molecule has 5 heteroatoms. The second-order valence-electron chi connectivity index (χ2n) is 3.91. The Morgan fingerprint density at radius 1 is 1.32 bits per heavy atom. The number of hydrogen-bond acceptors (Lipinski definition) is 4. The molecule has 0 saturated heterocycles. The summed E-state index contributed by atoms with van der Waals surface area (Å²) in [5.74, 6) is 0.383. The number of ether oxygens (including phenoxy) is 1. The van der Waals surface area contributed by atoms with E-state index >= 15 is 0 Å². The van der Waals surface area contributed by atoms with Gasteiger partial charge in [0.15, 0.2) is 0 Å². The first-order valence-corrected chi connectivity index (χ1v) is 6.63. The van der Waals surface area contributed by atoms with E-state index in [1.807, 2.05) is 30.3 Å². The number of methoxy groups -OCH3 is 1. The van der Waals surface area contributed by atoms with E-state index in [2.05, 4.69) is 30.6 Å². The lowest BCUT2D eigenvalue weighted by Gasteiger charge is -2.05. The number of carbonyl (C=O) groups excluding carboxylic acids is 1. The van der Waals surface area contributed by atoms with Gasteiger partial charge in [0.2, 0.25) is 0 Å². The molecule has 0 saturated carbocycles. The van der Waals surface area contributed by atoms with E-state index in [4.69, 9.17) is 0 Å². The van der Waals surface area contributed by atoms with Gasteiger partial charge in [-0.2, -0.15) is 0 Å². The van der Waals surface area contributed by atoms with Crippen molar-refractivity contribution in [2.24, 2.45) is 0 Å². The number of halogens is 1. The molecular formula is C14H13BrN2O2. The van der Waals surface area contributed by atoms with Gasteiger partial charge < -0.3 is 4.74 Å². The normalized spacial score (nSPS) is 10.2. The van der Waals surface area contributed by atoms with E-state index in [1.165, 1.54) is 7.11 Å². The summed E-state index contributed by atoms with van der Waals surface area (Å²) >= 11 is 3.50. The van der Waals surface area contributed by atoms with Gasteiger partial charge in [-0.1, -0.05) is 34.1 Å². The van der Waals surface area contributed by atoms with E-state index < -0.39 is 0 Å². The van der Waals surface area contributed by atoms with Crippen LogP contribution in [0.5, 0.6) is 0 Å². The van der Waals surface area contributed by atoms with Gasteiger partial charge in [-0.15, -0.1) is 0 Å². The highest BCUT2D eigenvalue weighted by atomic mass is 79.9. The summed E-state index contributed by atoms with van der Waals surface area (Å²) in [6.45, 7) is 0. The molecule has 0 aliphatic carbocycles. The number of aromatic nitrogens is 2. The third kappa shape index (κ3) is 3.61. The molecule has 0 fully saturated rings. The zero-order valence-corrected chi connectivity index (χ0v) is 12.1. The Bertz CT molecular complexity index is 587. The molecule has 0 radical (unpaired) electrons. The van der Waals surface area contributed by atoms with Gasteiger partial charge in [0, 0.05) is 22.7 Å². The SMILES string of the molecule is COC(=O)CCc1nccc(-c2ccccc2Br)n1. The number of nitrogens with zero attached hydrogens (tertiary/aromatic N) is 2. The highest BCUT2D eigenvalue weighted by Crippen LogP contribution is 2.26. The molecule has 0 bridgehead atoms. The van der Waals surface area contributed by atoms with Gasteiger partial charge in [-0.25, -0.2) is 9.97 Å². The Hall–Kier alpha value is -1.75. The molecule has 1 heterocycles. The minimum Gasteiger partial charge on any atom is -0.469 e. The van der Waals surface area contributed by atoms with E-state index in [9.17, 15) is 4.79 Å². The van der Waals surface area contributed by atoms with Gasteiger partial charge in [0.1, 0.15) is 5.82 Å². The lowest BCUT2D eigenvalue weighted by atomic mass is 10.1. The first-order chi connectivity index (χ1) is 9.20. The maximum atomic E-state index is 11.1. The number of benzene rings is 1. The molecule has 4 nitrogen and oxygen atoms in total. The molecule has 0 aliphatic rings. The summed E-state index contributed by atoms with van der Waals surface area (Å²) in [5.41, 5.74) is 1.84. The van der Waals surface area contributed by atoms with Crippen LogP contribution in [0.3, 0.4) is 0 Å². The van der Waals surface area contributed by atoms with Crippen LogP contribution in [0.1, 0.15) is 12.2 Å². The van der Waals surface area contributed by atoms with Crippen LogP contribution in [-0.2, 0) is 16.0 Å². The lowest BCUT2D eigenvalue weighted by Crippen LogP contribution is -2.04. The van der Waals surface area contributed by atoms with Crippen LogP contribution in [-0.4, -0.2) is 23.0 Å². The lowest BCUT2D eigenvalue weighted by molar-refractivity contribution is -0.140. The number of hydrogen-bond donors (Lipinski definition) is 0. The molecule has 0 aliphatic heterocycles. The van der Waals surface area contributed by atoms with Crippen molar-refractivity contribution in [1.29, 1.82) is 0 Å². The highest BCUT2D eigenvalue weighted by Gasteiger charge is 2.07. The minimum atomic E-state index is -0.255. The summed E-state index contributed by atoms with van der Waals surface area (Å²) in [4.78, 5) is 19.7. The minimum absolute atomic E-state index is 0.255. The van der Waals surface area contributed by atoms with Gasteiger partial charge >= 0.3 is 5.97 Å². The van der Waals surface area contributed by atoms with E-state index in [0.717, 1.165) is 15.7 Å². The summed E-state index contributed by atoms with van der Waals surface area (Å²) < 4.78 is 5.58. The topological polar surface area (TPSA) is 52.1 Å². The van der Waals surface area contributed by atoms with Crippen LogP contribution >= 0.6 is 15.9 Å². The van der Waals surface area contributed by atoms with Crippen molar-refractivity contribution < 1.29 is 9.53 Å².